The second kappa shape index (κ2) is 5.08. The van der Waals surface area contributed by atoms with E-state index in [0.29, 0.717) is 18.4 Å². The van der Waals surface area contributed by atoms with Crippen LogP contribution in [0.15, 0.2) is 36.4 Å². The zero-order valence-electron chi connectivity index (χ0n) is 11.1. The van der Waals surface area contributed by atoms with E-state index < -0.39 is 0 Å². The molecule has 1 amide bonds. The molecule has 0 unspecified atom stereocenters. The van der Waals surface area contributed by atoms with Gasteiger partial charge in [-0.15, -0.1) is 0 Å². The van der Waals surface area contributed by atoms with Crippen LogP contribution in [0.25, 0.3) is 0 Å². The molecule has 1 saturated carbocycles. The third-order valence-electron chi connectivity index (χ3n) is 4.11. The summed E-state index contributed by atoms with van der Waals surface area (Å²) in [5.74, 6) is 1.86. The molecular weight excluding hydrogens is 238 g/mol. The van der Waals surface area contributed by atoms with E-state index in [9.17, 15) is 4.79 Å². The first-order valence-corrected chi connectivity index (χ1v) is 6.89. The van der Waals surface area contributed by atoms with Crippen LogP contribution in [0.1, 0.15) is 18.4 Å². The Bertz CT molecular complexity index is 509. The number of ether oxygens (including phenoxy) is 1. The van der Waals surface area contributed by atoms with Crippen LogP contribution in [0.5, 0.6) is 0 Å². The first kappa shape index (κ1) is 12.3. The number of aryl methyl sites for hydroxylation is 1. The maximum Gasteiger partial charge on any atom is 0.411 e. The van der Waals surface area contributed by atoms with E-state index in [0.717, 1.165) is 17.2 Å². The number of fused-ring (bicyclic) bond motifs is 2. The van der Waals surface area contributed by atoms with Gasteiger partial charge in [0.05, 0.1) is 6.61 Å². The van der Waals surface area contributed by atoms with Crippen molar-refractivity contribution in [1.29, 1.82) is 0 Å². The molecule has 2 bridgehead atoms. The van der Waals surface area contributed by atoms with Crippen molar-refractivity contribution < 1.29 is 9.53 Å². The number of allylic oxidation sites excluding steroid dienone is 2. The Hall–Kier alpha value is -1.77. The van der Waals surface area contributed by atoms with Crippen molar-refractivity contribution in [2.24, 2.45) is 17.8 Å². The Labute approximate surface area is 113 Å². The van der Waals surface area contributed by atoms with Crippen molar-refractivity contribution >= 4 is 11.8 Å². The van der Waals surface area contributed by atoms with Gasteiger partial charge < -0.3 is 4.74 Å². The Morgan fingerprint density at radius 3 is 2.95 bits per heavy atom. The van der Waals surface area contributed by atoms with Crippen molar-refractivity contribution in [3.8, 4) is 0 Å². The molecule has 0 aromatic heterocycles. The van der Waals surface area contributed by atoms with E-state index in [1.807, 2.05) is 31.2 Å². The minimum absolute atomic E-state index is 0.350. The Balaban J connectivity index is 1.48. The highest BCUT2D eigenvalue weighted by molar-refractivity contribution is 5.84. The van der Waals surface area contributed by atoms with Gasteiger partial charge in [0.2, 0.25) is 0 Å². The smallest absolute Gasteiger partial charge is 0.411 e. The number of hydrogen-bond donors (Lipinski definition) is 1. The molecule has 1 fully saturated rings. The molecule has 3 atom stereocenters. The molecule has 2 aliphatic rings. The van der Waals surface area contributed by atoms with E-state index in [2.05, 4.69) is 17.5 Å². The first-order valence-electron chi connectivity index (χ1n) is 6.89. The second-order valence-electron chi connectivity index (χ2n) is 5.63. The summed E-state index contributed by atoms with van der Waals surface area (Å²) < 4.78 is 5.34. The fourth-order valence-corrected chi connectivity index (χ4v) is 3.15. The molecule has 0 saturated heterocycles. The normalized spacial score (nSPS) is 27.5. The summed E-state index contributed by atoms with van der Waals surface area (Å²) in [4.78, 5) is 11.7. The van der Waals surface area contributed by atoms with Gasteiger partial charge in [-0.25, -0.2) is 4.79 Å². The average molecular weight is 257 g/mol. The fraction of sp³-hybridized carbons (Fsp3) is 0.438. The molecule has 1 aromatic carbocycles. The lowest BCUT2D eigenvalue weighted by molar-refractivity contribution is 0.134. The van der Waals surface area contributed by atoms with E-state index in [1.54, 1.807) is 0 Å². The van der Waals surface area contributed by atoms with Gasteiger partial charge in [0.25, 0.3) is 0 Å². The highest BCUT2D eigenvalue weighted by Gasteiger charge is 2.36. The predicted octanol–water partition coefficient (Wildman–Crippen LogP) is 3.76. The Morgan fingerprint density at radius 2 is 2.26 bits per heavy atom. The van der Waals surface area contributed by atoms with Crippen molar-refractivity contribution in [1.82, 2.24) is 0 Å². The van der Waals surface area contributed by atoms with Gasteiger partial charge in [-0.1, -0.05) is 24.3 Å². The van der Waals surface area contributed by atoms with Crippen molar-refractivity contribution in [3.63, 3.8) is 0 Å². The molecular formula is C16H19NO2. The molecule has 3 heteroatoms. The minimum atomic E-state index is -0.350. The van der Waals surface area contributed by atoms with Gasteiger partial charge in [0.1, 0.15) is 0 Å². The van der Waals surface area contributed by atoms with Gasteiger partial charge in [0.15, 0.2) is 0 Å². The Kier molecular flexibility index (Phi) is 3.28. The summed E-state index contributed by atoms with van der Waals surface area (Å²) in [5.41, 5.74) is 1.91. The lowest BCUT2D eigenvalue weighted by Gasteiger charge is -2.17. The fourth-order valence-electron chi connectivity index (χ4n) is 3.15. The zero-order chi connectivity index (χ0) is 13.2. The number of benzene rings is 1. The number of nitrogens with one attached hydrogen (secondary N) is 1. The number of hydrogen-bond acceptors (Lipinski definition) is 2. The Morgan fingerprint density at radius 1 is 1.37 bits per heavy atom. The number of amides is 1. The summed E-state index contributed by atoms with van der Waals surface area (Å²) in [5, 5.41) is 2.77. The van der Waals surface area contributed by atoms with Crippen LogP contribution in [0.3, 0.4) is 0 Å². The predicted molar refractivity (Wildman–Crippen MR) is 75.0 cm³/mol. The van der Waals surface area contributed by atoms with Crippen LogP contribution in [-0.4, -0.2) is 12.7 Å². The maximum atomic E-state index is 11.7. The van der Waals surface area contributed by atoms with E-state index in [4.69, 9.17) is 4.74 Å². The van der Waals surface area contributed by atoms with Crippen molar-refractivity contribution in [3.05, 3.63) is 42.0 Å². The van der Waals surface area contributed by atoms with E-state index >= 15 is 0 Å². The standard InChI is InChI=1S/C16H19NO2/c1-11-3-2-4-15(7-11)17-16(18)19-10-14-9-12-5-6-13(14)8-12/h2-7,12-14H,8-10H2,1H3,(H,17,18)/t12-,13+,14+/m1/s1. The highest BCUT2D eigenvalue weighted by Crippen LogP contribution is 2.43. The monoisotopic (exact) mass is 257 g/mol. The third-order valence-corrected chi connectivity index (χ3v) is 4.11. The van der Waals surface area contributed by atoms with Crippen molar-refractivity contribution in [2.75, 3.05) is 11.9 Å². The average Bonchev–Trinajstić information content (AvgIpc) is 2.98. The van der Waals surface area contributed by atoms with Gasteiger partial charge in [-0.2, -0.15) is 0 Å². The van der Waals surface area contributed by atoms with Gasteiger partial charge >= 0.3 is 6.09 Å². The van der Waals surface area contributed by atoms with Crippen LogP contribution < -0.4 is 5.32 Å². The number of rotatable bonds is 3. The van der Waals surface area contributed by atoms with Crippen molar-refractivity contribution in [2.45, 2.75) is 19.8 Å². The van der Waals surface area contributed by atoms with Gasteiger partial charge in [-0.05, 0) is 49.3 Å². The number of anilines is 1. The second-order valence-corrected chi connectivity index (χ2v) is 5.63. The largest absolute Gasteiger partial charge is 0.449 e. The van der Waals surface area contributed by atoms with Crippen LogP contribution in [-0.2, 0) is 4.74 Å². The van der Waals surface area contributed by atoms with E-state index in [1.165, 1.54) is 12.8 Å². The lowest BCUT2D eigenvalue weighted by atomic mass is 9.95. The molecule has 0 radical (unpaired) electrons. The zero-order valence-corrected chi connectivity index (χ0v) is 11.1. The highest BCUT2D eigenvalue weighted by atomic mass is 16.5. The molecule has 0 spiro atoms. The molecule has 1 aromatic rings. The summed E-state index contributed by atoms with van der Waals surface area (Å²) in [6.45, 7) is 2.53. The summed E-state index contributed by atoms with van der Waals surface area (Å²) in [7, 11) is 0. The SMILES string of the molecule is Cc1cccc(NC(=O)OC[C@@H]2C[C@@H]3C=C[C@H]2C3)c1. The third kappa shape index (κ3) is 2.80. The maximum absolute atomic E-state index is 11.7. The van der Waals surface area contributed by atoms with Crippen LogP contribution in [0.4, 0.5) is 10.5 Å². The van der Waals surface area contributed by atoms with Crippen LogP contribution in [0, 0.1) is 24.7 Å². The quantitative estimate of drug-likeness (QED) is 0.837. The summed E-state index contributed by atoms with van der Waals surface area (Å²) >= 11 is 0. The van der Waals surface area contributed by atoms with Crippen LogP contribution >= 0.6 is 0 Å². The minimum Gasteiger partial charge on any atom is -0.449 e. The molecule has 0 aliphatic heterocycles. The molecule has 19 heavy (non-hydrogen) atoms. The molecule has 100 valence electrons. The summed E-state index contributed by atoms with van der Waals surface area (Å²) in [6, 6.07) is 7.72. The topological polar surface area (TPSA) is 38.3 Å². The number of carbonyl (C=O) groups is 1. The van der Waals surface area contributed by atoms with Gasteiger partial charge in [-0.3, -0.25) is 5.32 Å². The lowest BCUT2D eigenvalue weighted by Crippen LogP contribution is -2.21. The van der Waals surface area contributed by atoms with E-state index in [-0.39, 0.29) is 6.09 Å². The molecule has 3 rings (SSSR count). The van der Waals surface area contributed by atoms with Gasteiger partial charge in [0, 0.05) is 11.6 Å². The molecule has 3 nitrogen and oxygen atoms in total. The number of carbonyl (C=O) groups excluding carboxylic acids is 1. The first-order chi connectivity index (χ1) is 9.20. The van der Waals surface area contributed by atoms with Crippen LogP contribution in [0.2, 0.25) is 0 Å². The summed E-state index contributed by atoms with van der Waals surface area (Å²) in [6.07, 6.45) is 6.64. The molecule has 0 heterocycles. The molecule has 1 N–H and O–H groups in total. The molecule has 2 aliphatic carbocycles.